The van der Waals surface area contributed by atoms with Crippen molar-refractivity contribution in [3.63, 3.8) is 0 Å². The Morgan fingerprint density at radius 3 is 2.79 bits per heavy atom. The molecule has 1 aromatic rings. The molecule has 0 aliphatic rings. The highest BCUT2D eigenvalue weighted by atomic mass is 16.5. The van der Waals surface area contributed by atoms with E-state index < -0.39 is 0 Å². The van der Waals surface area contributed by atoms with E-state index in [0.29, 0.717) is 18.7 Å². The van der Waals surface area contributed by atoms with Crippen molar-refractivity contribution in [1.29, 1.82) is 0 Å². The van der Waals surface area contributed by atoms with Crippen LogP contribution in [0.25, 0.3) is 0 Å². The van der Waals surface area contributed by atoms with E-state index in [0.717, 1.165) is 30.6 Å². The molecule has 1 amide bonds. The van der Waals surface area contributed by atoms with Gasteiger partial charge in [-0.1, -0.05) is 13.0 Å². The maximum Gasteiger partial charge on any atom is 0.253 e. The fourth-order valence-corrected chi connectivity index (χ4v) is 1.78. The van der Waals surface area contributed by atoms with Gasteiger partial charge in [0.05, 0.1) is 5.56 Å². The second-order valence-corrected chi connectivity index (χ2v) is 4.58. The lowest BCUT2D eigenvalue weighted by molar-refractivity contribution is 0.0949. The highest BCUT2D eigenvalue weighted by Crippen LogP contribution is 2.17. The second kappa shape index (κ2) is 8.53. The first kappa shape index (κ1) is 15.5. The van der Waals surface area contributed by atoms with Gasteiger partial charge in [-0.2, -0.15) is 0 Å². The van der Waals surface area contributed by atoms with Crippen molar-refractivity contribution < 1.29 is 9.53 Å². The molecule has 1 aromatic carbocycles. The summed E-state index contributed by atoms with van der Waals surface area (Å²) in [4.78, 5) is 12.1. The Labute approximate surface area is 115 Å². The van der Waals surface area contributed by atoms with Crippen LogP contribution in [0.15, 0.2) is 18.2 Å². The number of nitrogens with one attached hydrogen (secondary N) is 2. The molecule has 0 radical (unpaired) electrons. The van der Waals surface area contributed by atoms with Crippen molar-refractivity contribution in [1.82, 2.24) is 5.32 Å². The molecular weight excluding hydrogens is 240 g/mol. The summed E-state index contributed by atoms with van der Waals surface area (Å²) in [7, 11) is 1.66. The lowest BCUT2D eigenvalue weighted by atomic mass is 10.1. The molecule has 4 heteroatoms. The predicted molar refractivity (Wildman–Crippen MR) is 78.8 cm³/mol. The molecule has 0 aliphatic heterocycles. The molecule has 0 spiro atoms. The summed E-state index contributed by atoms with van der Waals surface area (Å²) in [6.07, 6.45) is 1.86. The van der Waals surface area contributed by atoms with Crippen LogP contribution >= 0.6 is 0 Å². The Bertz CT molecular complexity index is 405. The van der Waals surface area contributed by atoms with Crippen LogP contribution in [0.5, 0.6) is 0 Å². The van der Waals surface area contributed by atoms with Crippen LogP contribution in [-0.4, -0.2) is 32.7 Å². The molecule has 0 bridgehead atoms. The molecule has 19 heavy (non-hydrogen) atoms. The lowest BCUT2D eigenvalue weighted by Gasteiger charge is -2.12. The summed E-state index contributed by atoms with van der Waals surface area (Å²) in [5.74, 6) is -0.0327. The smallest absolute Gasteiger partial charge is 0.253 e. The Balaban J connectivity index is 2.66. The van der Waals surface area contributed by atoms with Gasteiger partial charge in [-0.3, -0.25) is 4.79 Å². The molecule has 0 atom stereocenters. The Kier molecular flexibility index (Phi) is 6.97. The number of hydrogen-bond acceptors (Lipinski definition) is 3. The zero-order valence-corrected chi connectivity index (χ0v) is 12.1. The van der Waals surface area contributed by atoms with Crippen molar-refractivity contribution >= 4 is 11.6 Å². The fraction of sp³-hybridized carbons (Fsp3) is 0.533. The lowest BCUT2D eigenvalue weighted by Crippen LogP contribution is -2.26. The van der Waals surface area contributed by atoms with Crippen molar-refractivity contribution in [2.75, 3.05) is 32.1 Å². The summed E-state index contributed by atoms with van der Waals surface area (Å²) < 4.78 is 4.96. The molecule has 106 valence electrons. The van der Waals surface area contributed by atoms with E-state index in [1.54, 1.807) is 7.11 Å². The molecule has 0 unspecified atom stereocenters. The van der Waals surface area contributed by atoms with Gasteiger partial charge in [0.2, 0.25) is 0 Å². The number of ether oxygens (including phenoxy) is 1. The van der Waals surface area contributed by atoms with Crippen LogP contribution in [0.3, 0.4) is 0 Å². The third-order valence-electron chi connectivity index (χ3n) is 2.80. The van der Waals surface area contributed by atoms with Crippen molar-refractivity contribution in [3.8, 4) is 0 Å². The van der Waals surface area contributed by atoms with E-state index in [2.05, 4.69) is 17.6 Å². The largest absolute Gasteiger partial charge is 0.385 e. The highest BCUT2D eigenvalue weighted by Gasteiger charge is 2.10. The molecule has 4 nitrogen and oxygen atoms in total. The van der Waals surface area contributed by atoms with Gasteiger partial charge in [-0.25, -0.2) is 0 Å². The summed E-state index contributed by atoms with van der Waals surface area (Å²) in [5, 5.41) is 6.21. The second-order valence-electron chi connectivity index (χ2n) is 4.58. The van der Waals surface area contributed by atoms with Crippen molar-refractivity contribution in [2.24, 2.45) is 0 Å². The highest BCUT2D eigenvalue weighted by molar-refractivity contribution is 5.99. The minimum Gasteiger partial charge on any atom is -0.385 e. The summed E-state index contributed by atoms with van der Waals surface area (Å²) >= 11 is 0. The zero-order valence-electron chi connectivity index (χ0n) is 12.1. The van der Waals surface area contributed by atoms with Gasteiger partial charge in [-0.05, 0) is 37.5 Å². The number of amides is 1. The predicted octanol–water partition coefficient (Wildman–Crippen LogP) is 2.58. The number of carbonyl (C=O) groups excluding carboxylic acids is 1. The van der Waals surface area contributed by atoms with Crippen LogP contribution in [0.2, 0.25) is 0 Å². The van der Waals surface area contributed by atoms with Crippen molar-refractivity contribution in [2.45, 2.75) is 26.7 Å². The quantitative estimate of drug-likeness (QED) is 0.710. The normalized spacial score (nSPS) is 10.3. The first-order valence-corrected chi connectivity index (χ1v) is 6.80. The third kappa shape index (κ3) is 5.30. The molecule has 0 heterocycles. The number of rotatable bonds is 8. The summed E-state index contributed by atoms with van der Waals surface area (Å²) in [6, 6.07) is 5.85. The molecule has 2 N–H and O–H groups in total. The van der Waals surface area contributed by atoms with Gasteiger partial charge >= 0.3 is 0 Å². The molecular formula is C15H24N2O2. The zero-order chi connectivity index (χ0) is 14.1. The monoisotopic (exact) mass is 264 g/mol. The van der Waals surface area contributed by atoms with Gasteiger partial charge < -0.3 is 15.4 Å². The first-order chi connectivity index (χ1) is 9.19. The molecule has 0 fully saturated rings. The average Bonchev–Trinajstić information content (AvgIpc) is 2.41. The van der Waals surface area contributed by atoms with Crippen LogP contribution in [-0.2, 0) is 4.74 Å². The van der Waals surface area contributed by atoms with Crippen LogP contribution in [0.1, 0.15) is 35.7 Å². The van der Waals surface area contributed by atoms with E-state index in [4.69, 9.17) is 4.74 Å². The summed E-state index contributed by atoms with van der Waals surface area (Å²) in [5.41, 5.74) is 2.76. The minimum atomic E-state index is -0.0327. The number of benzene rings is 1. The van der Waals surface area contributed by atoms with E-state index in [1.165, 1.54) is 0 Å². The van der Waals surface area contributed by atoms with Crippen LogP contribution < -0.4 is 10.6 Å². The van der Waals surface area contributed by atoms with Crippen LogP contribution in [0.4, 0.5) is 5.69 Å². The van der Waals surface area contributed by atoms with Gasteiger partial charge in [0.25, 0.3) is 5.91 Å². The summed E-state index contributed by atoms with van der Waals surface area (Å²) in [6.45, 7) is 6.29. The van der Waals surface area contributed by atoms with Gasteiger partial charge in [0, 0.05) is 32.5 Å². The number of anilines is 1. The topological polar surface area (TPSA) is 50.4 Å². The maximum atomic E-state index is 12.1. The molecule has 1 rings (SSSR count). The molecule has 0 aromatic heterocycles. The Morgan fingerprint density at radius 2 is 2.11 bits per heavy atom. The van der Waals surface area contributed by atoms with Gasteiger partial charge in [-0.15, -0.1) is 0 Å². The molecule has 0 aliphatic carbocycles. The molecule has 0 saturated carbocycles. The SMILES string of the molecule is CCCNc1cc(C)ccc1C(=O)NCCCOC. The first-order valence-electron chi connectivity index (χ1n) is 6.80. The average molecular weight is 264 g/mol. The third-order valence-corrected chi connectivity index (χ3v) is 2.80. The number of aryl methyl sites for hydroxylation is 1. The van der Waals surface area contributed by atoms with Crippen LogP contribution in [0, 0.1) is 6.92 Å². The Morgan fingerprint density at radius 1 is 1.32 bits per heavy atom. The van der Waals surface area contributed by atoms with Crippen molar-refractivity contribution in [3.05, 3.63) is 29.3 Å². The number of carbonyl (C=O) groups is 1. The fourth-order valence-electron chi connectivity index (χ4n) is 1.78. The van der Waals surface area contributed by atoms with Gasteiger partial charge in [0.1, 0.15) is 0 Å². The standard InChI is InChI=1S/C15H24N2O2/c1-4-8-16-14-11-12(2)6-7-13(14)15(18)17-9-5-10-19-3/h6-7,11,16H,4-5,8-10H2,1-3H3,(H,17,18). The number of hydrogen-bond donors (Lipinski definition) is 2. The molecule has 0 saturated heterocycles. The van der Waals surface area contributed by atoms with Gasteiger partial charge in [0.15, 0.2) is 0 Å². The maximum absolute atomic E-state index is 12.1. The van der Waals surface area contributed by atoms with E-state index in [-0.39, 0.29) is 5.91 Å². The number of methoxy groups -OCH3 is 1. The minimum absolute atomic E-state index is 0.0327. The van der Waals surface area contributed by atoms with E-state index in [1.807, 2.05) is 25.1 Å². The Hall–Kier alpha value is -1.55. The van der Waals surface area contributed by atoms with E-state index in [9.17, 15) is 4.79 Å². The van der Waals surface area contributed by atoms with E-state index >= 15 is 0 Å².